The van der Waals surface area contributed by atoms with Gasteiger partial charge in [0.2, 0.25) is 5.91 Å². The second-order valence-electron chi connectivity index (χ2n) is 5.95. The van der Waals surface area contributed by atoms with E-state index in [0.717, 1.165) is 17.7 Å². The van der Waals surface area contributed by atoms with Crippen LogP contribution in [0.15, 0.2) is 36.4 Å². The summed E-state index contributed by atoms with van der Waals surface area (Å²) in [5, 5.41) is 5.71. The van der Waals surface area contributed by atoms with Crippen molar-refractivity contribution >= 4 is 17.3 Å². The van der Waals surface area contributed by atoms with Crippen LogP contribution < -0.4 is 24.8 Å². The van der Waals surface area contributed by atoms with Crippen LogP contribution in [0.4, 0.5) is 24.5 Å². The number of nitrogens with one attached hydrogen (secondary N) is 2. The molecule has 2 rings (SSSR count). The third-order valence-electron chi connectivity index (χ3n) is 3.85. The van der Waals surface area contributed by atoms with E-state index in [-0.39, 0.29) is 11.7 Å². The molecule has 0 unspecified atom stereocenters. The molecule has 0 aromatic heterocycles. The number of hydrogen-bond donors (Lipinski definition) is 2. The van der Waals surface area contributed by atoms with E-state index >= 15 is 0 Å². The minimum Gasteiger partial charge on any atom is -0.493 e. The molecule has 9 heteroatoms. The summed E-state index contributed by atoms with van der Waals surface area (Å²) in [6.07, 6.45) is -4.76. The van der Waals surface area contributed by atoms with E-state index in [9.17, 15) is 18.0 Å². The van der Waals surface area contributed by atoms with Gasteiger partial charge in [0.1, 0.15) is 11.8 Å². The molecule has 2 N–H and O–H groups in total. The molecular weight excluding hydrogens is 377 g/mol. The van der Waals surface area contributed by atoms with E-state index in [4.69, 9.17) is 9.47 Å². The van der Waals surface area contributed by atoms with E-state index in [0.29, 0.717) is 22.9 Å². The first-order valence-corrected chi connectivity index (χ1v) is 8.28. The maximum atomic E-state index is 12.4. The molecule has 0 bridgehead atoms. The number of carbonyl (C=O) groups is 1. The fourth-order valence-corrected chi connectivity index (χ4v) is 2.43. The molecule has 1 atom stereocenters. The van der Waals surface area contributed by atoms with Crippen molar-refractivity contribution in [1.82, 2.24) is 0 Å². The van der Waals surface area contributed by atoms with Gasteiger partial charge in [-0.1, -0.05) is 0 Å². The summed E-state index contributed by atoms with van der Waals surface area (Å²) >= 11 is 0. The summed E-state index contributed by atoms with van der Waals surface area (Å²) in [7, 11) is 3.05. The molecule has 0 radical (unpaired) electrons. The lowest BCUT2D eigenvalue weighted by Gasteiger charge is -2.19. The molecule has 0 saturated heterocycles. The Balaban J connectivity index is 2.03. The molecule has 0 aliphatic carbocycles. The van der Waals surface area contributed by atoms with Gasteiger partial charge >= 0.3 is 6.36 Å². The molecule has 28 heavy (non-hydrogen) atoms. The van der Waals surface area contributed by atoms with Crippen LogP contribution in [0.25, 0.3) is 0 Å². The normalized spacial score (nSPS) is 12.1. The lowest BCUT2D eigenvalue weighted by Crippen LogP contribution is -2.32. The van der Waals surface area contributed by atoms with Crippen molar-refractivity contribution in [3.05, 3.63) is 42.0 Å². The predicted molar refractivity (Wildman–Crippen MR) is 99.1 cm³/mol. The van der Waals surface area contributed by atoms with Crippen LogP contribution >= 0.6 is 0 Å². The number of rotatable bonds is 7. The summed E-state index contributed by atoms with van der Waals surface area (Å²) in [5.74, 6) is 0.364. The Morgan fingerprint density at radius 1 is 1.04 bits per heavy atom. The quantitative estimate of drug-likeness (QED) is 0.726. The van der Waals surface area contributed by atoms with Crippen molar-refractivity contribution < 1.29 is 32.2 Å². The van der Waals surface area contributed by atoms with Gasteiger partial charge in [0.15, 0.2) is 11.5 Å². The number of carbonyl (C=O) groups excluding carboxylic acids is 1. The molecule has 152 valence electrons. The Labute approximate surface area is 160 Å². The van der Waals surface area contributed by atoms with Crippen molar-refractivity contribution in [2.45, 2.75) is 26.3 Å². The number of hydrogen-bond acceptors (Lipinski definition) is 5. The van der Waals surface area contributed by atoms with Gasteiger partial charge in [-0.3, -0.25) is 4.79 Å². The van der Waals surface area contributed by atoms with Gasteiger partial charge < -0.3 is 24.8 Å². The fraction of sp³-hybridized carbons (Fsp3) is 0.316. The van der Waals surface area contributed by atoms with E-state index < -0.39 is 12.4 Å². The largest absolute Gasteiger partial charge is 0.573 e. The third-order valence-corrected chi connectivity index (χ3v) is 3.85. The first-order chi connectivity index (χ1) is 13.1. The van der Waals surface area contributed by atoms with Crippen LogP contribution in [0.3, 0.4) is 0 Å². The maximum absolute atomic E-state index is 12.4. The molecular formula is C19H21F3N2O4. The minimum atomic E-state index is -4.76. The van der Waals surface area contributed by atoms with Gasteiger partial charge in [-0.2, -0.15) is 0 Å². The van der Waals surface area contributed by atoms with E-state index in [1.165, 1.54) is 26.4 Å². The number of aryl methyl sites for hydroxylation is 1. The van der Waals surface area contributed by atoms with Gasteiger partial charge in [0, 0.05) is 17.4 Å². The average molecular weight is 398 g/mol. The monoisotopic (exact) mass is 398 g/mol. The van der Waals surface area contributed by atoms with Gasteiger partial charge in [-0.15, -0.1) is 13.2 Å². The maximum Gasteiger partial charge on any atom is 0.573 e. The highest BCUT2D eigenvalue weighted by molar-refractivity contribution is 5.96. The summed E-state index contributed by atoms with van der Waals surface area (Å²) in [4.78, 5) is 12.4. The number of benzene rings is 2. The van der Waals surface area contributed by atoms with Crippen LogP contribution in [0.5, 0.6) is 17.2 Å². The third kappa shape index (κ3) is 5.70. The smallest absolute Gasteiger partial charge is 0.493 e. The Hall–Kier alpha value is -3.10. The van der Waals surface area contributed by atoms with Crippen molar-refractivity contribution in [2.75, 3.05) is 24.9 Å². The first kappa shape index (κ1) is 21.2. The van der Waals surface area contributed by atoms with Crippen molar-refractivity contribution in [3.8, 4) is 17.2 Å². The minimum absolute atomic E-state index is 0.345. The molecule has 2 aromatic rings. The SMILES string of the molecule is COc1cc(C)c(N[C@H](C)C(=O)Nc2ccc(OC(F)(F)F)cc2)cc1OC. The number of methoxy groups -OCH3 is 2. The number of anilines is 2. The number of halogens is 3. The van der Waals surface area contributed by atoms with E-state index in [2.05, 4.69) is 15.4 Å². The summed E-state index contributed by atoms with van der Waals surface area (Å²) in [6.45, 7) is 3.51. The lowest BCUT2D eigenvalue weighted by atomic mass is 10.1. The molecule has 0 heterocycles. The second kappa shape index (κ2) is 8.73. The molecule has 0 aliphatic heterocycles. The lowest BCUT2D eigenvalue weighted by molar-refractivity contribution is -0.274. The standard InChI is InChI=1S/C19H21F3N2O4/c1-11-9-16(26-3)17(27-4)10-15(11)23-12(2)18(25)24-13-5-7-14(8-6-13)28-19(20,21)22/h5-10,12,23H,1-4H3,(H,24,25)/t12-/m1/s1. The Kier molecular flexibility index (Phi) is 6.61. The molecule has 2 aromatic carbocycles. The highest BCUT2D eigenvalue weighted by Crippen LogP contribution is 2.33. The van der Waals surface area contributed by atoms with Crippen LogP contribution in [-0.4, -0.2) is 32.5 Å². The second-order valence-corrected chi connectivity index (χ2v) is 5.95. The highest BCUT2D eigenvalue weighted by Gasteiger charge is 2.31. The average Bonchev–Trinajstić information content (AvgIpc) is 2.63. The fourth-order valence-electron chi connectivity index (χ4n) is 2.43. The number of alkyl halides is 3. The van der Waals surface area contributed by atoms with Gasteiger partial charge in [-0.25, -0.2) is 0 Å². The van der Waals surface area contributed by atoms with Crippen LogP contribution in [0.2, 0.25) is 0 Å². The summed E-state index contributed by atoms with van der Waals surface area (Å²) < 4.78 is 50.8. The summed E-state index contributed by atoms with van der Waals surface area (Å²) in [6, 6.07) is 7.79. The zero-order chi connectivity index (χ0) is 20.9. The van der Waals surface area contributed by atoms with Crippen LogP contribution in [0, 0.1) is 6.92 Å². The predicted octanol–water partition coefficient (Wildman–Crippen LogP) is 4.35. The molecule has 0 fully saturated rings. The topological polar surface area (TPSA) is 68.8 Å². The number of amides is 1. The van der Waals surface area contributed by atoms with Crippen LogP contribution in [-0.2, 0) is 4.79 Å². The first-order valence-electron chi connectivity index (χ1n) is 8.28. The van der Waals surface area contributed by atoms with Crippen molar-refractivity contribution in [2.24, 2.45) is 0 Å². The molecule has 0 aliphatic rings. The zero-order valence-corrected chi connectivity index (χ0v) is 15.8. The van der Waals surface area contributed by atoms with Crippen LogP contribution in [0.1, 0.15) is 12.5 Å². The summed E-state index contributed by atoms with van der Waals surface area (Å²) in [5.41, 5.74) is 1.89. The Bertz CT molecular complexity index is 823. The zero-order valence-electron chi connectivity index (χ0n) is 15.8. The Morgan fingerprint density at radius 2 is 1.61 bits per heavy atom. The van der Waals surface area contributed by atoms with Gasteiger partial charge in [0.25, 0.3) is 0 Å². The molecule has 0 saturated carbocycles. The van der Waals surface area contributed by atoms with Crippen molar-refractivity contribution in [3.63, 3.8) is 0 Å². The van der Waals surface area contributed by atoms with E-state index in [1.54, 1.807) is 19.1 Å². The Morgan fingerprint density at radius 3 is 2.14 bits per heavy atom. The van der Waals surface area contributed by atoms with Gasteiger partial charge in [0.05, 0.1) is 14.2 Å². The highest BCUT2D eigenvalue weighted by atomic mass is 19.4. The van der Waals surface area contributed by atoms with Crippen molar-refractivity contribution in [1.29, 1.82) is 0 Å². The van der Waals surface area contributed by atoms with Gasteiger partial charge in [-0.05, 0) is 49.7 Å². The van der Waals surface area contributed by atoms with E-state index in [1.807, 2.05) is 6.92 Å². The number of ether oxygens (including phenoxy) is 3. The molecule has 1 amide bonds. The molecule has 6 nitrogen and oxygen atoms in total. The molecule has 0 spiro atoms.